The van der Waals surface area contributed by atoms with E-state index in [0.717, 1.165) is 0 Å². The van der Waals surface area contributed by atoms with E-state index in [9.17, 15) is 15.3 Å². The molecule has 5 nitrogen and oxygen atoms in total. The molecular weight excluding hydrogens is 188 g/mol. The van der Waals surface area contributed by atoms with Gasteiger partial charge >= 0.3 is 0 Å². The van der Waals surface area contributed by atoms with Gasteiger partial charge < -0.3 is 25.2 Å². The first kappa shape index (κ1) is 11.9. The van der Waals surface area contributed by atoms with E-state index in [0.29, 0.717) is 0 Å². The second-order valence-electron chi connectivity index (χ2n) is 4.04. The molecule has 1 heterocycles. The highest BCUT2D eigenvalue weighted by atomic mass is 16.5. The molecule has 0 amide bonds. The molecule has 0 aliphatic carbocycles. The lowest BCUT2D eigenvalue weighted by molar-refractivity contribution is -0.238. The summed E-state index contributed by atoms with van der Waals surface area (Å²) < 4.78 is 5.28. The Balaban J connectivity index is 2.73. The Hall–Kier alpha value is -0.200. The number of aliphatic hydroxyl groups excluding tert-OH is 4. The third-order valence-corrected chi connectivity index (χ3v) is 2.59. The van der Waals surface area contributed by atoms with Crippen LogP contribution >= 0.6 is 0 Å². The molecule has 84 valence electrons. The molecule has 1 fully saturated rings. The molecule has 0 saturated carbocycles. The summed E-state index contributed by atoms with van der Waals surface area (Å²) in [6, 6.07) is 0. The van der Waals surface area contributed by atoms with Gasteiger partial charge in [0.2, 0.25) is 0 Å². The van der Waals surface area contributed by atoms with Crippen LogP contribution in [-0.2, 0) is 4.74 Å². The van der Waals surface area contributed by atoms with Crippen molar-refractivity contribution in [3.8, 4) is 0 Å². The molecule has 1 unspecified atom stereocenters. The average molecular weight is 206 g/mol. The quantitative estimate of drug-likeness (QED) is 0.441. The van der Waals surface area contributed by atoms with E-state index < -0.39 is 30.5 Å². The van der Waals surface area contributed by atoms with Crippen molar-refractivity contribution in [2.75, 3.05) is 6.61 Å². The lowest BCUT2D eigenvalue weighted by atomic mass is 9.90. The molecular formula is C9H18O5. The van der Waals surface area contributed by atoms with Gasteiger partial charge in [0.25, 0.3) is 0 Å². The molecule has 0 spiro atoms. The Kier molecular flexibility index (Phi) is 3.86. The molecule has 0 aromatic heterocycles. The molecule has 0 aromatic carbocycles. The summed E-state index contributed by atoms with van der Waals surface area (Å²) in [5.74, 6) is 0.0150. The van der Waals surface area contributed by atoms with Crippen LogP contribution in [0.4, 0.5) is 0 Å². The summed E-state index contributed by atoms with van der Waals surface area (Å²) in [4.78, 5) is 0. The monoisotopic (exact) mass is 206 g/mol. The molecule has 0 bridgehead atoms. The number of aliphatic hydroxyl groups is 4. The van der Waals surface area contributed by atoms with Gasteiger partial charge in [-0.05, 0) is 5.92 Å². The van der Waals surface area contributed by atoms with E-state index in [-0.39, 0.29) is 12.5 Å². The fourth-order valence-electron chi connectivity index (χ4n) is 1.68. The van der Waals surface area contributed by atoms with Crippen LogP contribution < -0.4 is 0 Å². The molecule has 0 radical (unpaired) electrons. The van der Waals surface area contributed by atoms with Crippen molar-refractivity contribution >= 4 is 0 Å². The highest BCUT2D eigenvalue weighted by molar-refractivity contribution is 4.92. The predicted octanol–water partition coefficient (Wildman–Crippen LogP) is -1.52. The number of hydrogen-bond acceptors (Lipinski definition) is 5. The van der Waals surface area contributed by atoms with Gasteiger partial charge in [0, 0.05) is 0 Å². The second-order valence-corrected chi connectivity index (χ2v) is 4.04. The van der Waals surface area contributed by atoms with Crippen molar-refractivity contribution < 1.29 is 25.2 Å². The number of hydrogen-bond donors (Lipinski definition) is 4. The fraction of sp³-hybridized carbons (Fsp3) is 1.00. The van der Waals surface area contributed by atoms with Gasteiger partial charge in [-0.2, -0.15) is 0 Å². The maximum atomic E-state index is 9.57. The van der Waals surface area contributed by atoms with E-state index in [1.807, 2.05) is 13.8 Å². The van der Waals surface area contributed by atoms with E-state index in [1.165, 1.54) is 0 Å². The Morgan fingerprint density at radius 2 is 1.64 bits per heavy atom. The topological polar surface area (TPSA) is 90.2 Å². The van der Waals surface area contributed by atoms with E-state index >= 15 is 0 Å². The van der Waals surface area contributed by atoms with Crippen LogP contribution in [0.25, 0.3) is 0 Å². The first-order valence-electron chi connectivity index (χ1n) is 4.79. The zero-order chi connectivity index (χ0) is 10.9. The normalized spacial score (nSPS) is 44.4. The molecule has 14 heavy (non-hydrogen) atoms. The van der Waals surface area contributed by atoms with E-state index in [4.69, 9.17) is 9.84 Å². The molecule has 5 heteroatoms. The third kappa shape index (κ3) is 2.07. The number of ether oxygens (including phenoxy) is 1. The molecule has 0 aromatic rings. The van der Waals surface area contributed by atoms with Crippen molar-refractivity contribution in [2.45, 2.75) is 44.4 Å². The van der Waals surface area contributed by atoms with Crippen molar-refractivity contribution in [2.24, 2.45) is 5.92 Å². The zero-order valence-corrected chi connectivity index (χ0v) is 8.37. The van der Waals surface area contributed by atoms with Crippen LogP contribution in [0.15, 0.2) is 0 Å². The minimum absolute atomic E-state index is 0.0150. The van der Waals surface area contributed by atoms with Crippen LogP contribution in [-0.4, -0.2) is 57.6 Å². The molecule has 1 rings (SSSR count). The molecule has 5 atom stereocenters. The van der Waals surface area contributed by atoms with Gasteiger partial charge in [0.05, 0.1) is 12.7 Å². The SMILES string of the molecule is CC(C)C1O[C@@H](CO)[C@H](O)[C@@H](O)[C@@H]1O. The fourth-order valence-corrected chi connectivity index (χ4v) is 1.68. The number of rotatable bonds is 2. The van der Waals surface area contributed by atoms with Gasteiger partial charge in [0.1, 0.15) is 24.4 Å². The molecule has 1 aliphatic rings. The van der Waals surface area contributed by atoms with Gasteiger partial charge in [-0.1, -0.05) is 13.8 Å². The predicted molar refractivity (Wildman–Crippen MR) is 48.6 cm³/mol. The van der Waals surface area contributed by atoms with Gasteiger partial charge in [-0.15, -0.1) is 0 Å². The maximum Gasteiger partial charge on any atom is 0.111 e. The highest BCUT2D eigenvalue weighted by Crippen LogP contribution is 2.25. The Morgan fingerprint density at radius 3 is 2.07 bits per heavy atom. The van der Waals surface area contributed by atoms with Crippen LogP contribution in [0.5, 0.6) is 0 Å². The van der Waals surface area contributed by atoms with Crippen molar-refractivity contribution in [1.82, 2.24) is 0 Å². The molecule has 1 aliphatic heterocycles. The average Bonchev–Trinajstić information content (AvgIpc) is 2.14. The summed E-state index contributed by atoms with van der Waals surface area (Å²) in [5, 5.41) is 37.4. The Labute approximate surface area is 82.9 Å². The maximum absolute atomic E-state index is 9.57. The summed E-state index contributed by atoms with van der Waals surface area (Å²) in [6.07, 6.45) is -4.96. The van der Waals surface area contributed by atoms with Crippen LogP contribution in [0.1, 0.15) is 13.8 Å². The summed E-state index contributed by atoms with van der Waals surface area (Å²) >= 11 is 0. The second kappa shape index (κ2) is 4.55. The van der Waals surface area contributed by atoms with Crippen LogP contribution in [0.3, 0.4) is 0 Å². The smallest absolute Gasteiger partial charge is 0.111 e. The first-order chi connectivity index (χ1) is 6.49. The highest BCUT2D eigenvalue weighted by Gasteiger charge is 2.44. The minimum Gasteiger partial charge on any atom is -0.394 e. The standard InChI is InChI=1S/C9H18O5/c1-4(2)9-8(13)7(12)6(11)5(3-10)14-9/h4-13H,3H2,1-2H3/t5-,6-,7+,8-,9?/m0/s1. The van der Waals surface area contributed by atoms with Crippen LogP contribution in [0, 0.1) is 5.92 Å². The van der Waals surface area contributed by atoms with E-state index in [1.54, 1.807) is 0 Å². The minimum atomic E-state index is -1.26. The Bertz CT molecular complexity index is 182. The largest absolute Gasteiger partial charge is 0.394 e. The van der Waals surface area contributed by atoms with Gasteiger partial charge in [-0.3, -0.25) is 0 Å². The van der Waals surface area contributed by atoms with Crippen LogP contribution in [0.2, 0.25) is 0 Å². The van der Waals surface area contributed by atoms with Crippen molar-refractivity contribution in [1.29, 1.82) is 0 Å². The third-order valence-electron chi connectivity index (χ3n) is 2.59. The van der Waals surface area contributed by atoms with Crippen molar-refractivity contribution in [3.05, 3.63) is 0 Å². The lowest BCUT2D eigenvalue weighted by Gasteiger charge is -2.41. The van der Waals surface area contributed by atoms with E-state index in [2.05, 4.69) is 0 Å². The Morgan fingerprint density at radius 1 is 1.07 bits per heavy atom. The molecule has 1 saturated heterocycles. The molecule has 4 N–H and O–H groups in total. The summed E-state index contributed by atoms with van der Waals surface area (Å²) in [6.45, 7) is 3.31. The summed E-state index contributed by atoms with van der Waals surface area (Å²) in [5.41, 5.74) is 0. The zero-order valence-electron chi connectivity index (χ0n) is 8.37. The van der Waals surface area contributed by atoms with Crippen molar-refractivity contribution in [3.63, 3.8) is 0 Å². The van der Waals surface area contributed by atoms with Gasteiger partial charge in [-0.25, -0.2) is 0 Å². The first-order valence-corrected chi connectivity index (χ1v) is 4.79. The van der Waals surface area contributed by atoms with Gasteiger partial charge in [0.15, 0.2) is 0 Å². The lowest BCUT2D eigenvalue weighted by Crippen LogP contribution is -2.59. The summed E-state index contributed by atoms with van der Waals surface area (Å²) in [7, 11) is 0.